The molecule has 0 aromatic heterocycles. The lowest BCUT2D eigenvalue weighted by atomic mass is 9.91. The second kappa shape index (κ2) is 8.34. The Bertz CT molecular complexity index is 821. The van der Waals surface area contributed by atoms with Gasteiger partial charge in [0.15, 0.2) is 22.4 Å². The Hall–Kier alpha value is -2.68. The number of methoxy groups -OCH3 is 1. The van der Waals surface area contributed by atoms with Gasteiger partial charge in [-0.2, -0.15) is 0 Å². The number of nitro benzene ring substituents is 1. The molecule has 2 rings (SSSR count). The zero-order valence-electron chi connectivity index (χ0n) is 16.0. The van der Waals surface area contributed by atoms with Crippen molar-refractivity contribution in [3.8, 4) is 11.5 Å². The molecule has 0 fully saturated rings. The first-order valence-corrected chi connectivity index (χ1v) is 8.96. The van der Waals surface area contributed by atoms with E-state index in [9.17, 15) is 14.9 Å². The highest BCUT2D eigenvalue weighted by Crippen LogP contribution is 2.41. The number of ketones is 1. The van der Waals surface area contributed by atoms with Gasteiger partial charge < -0.3 is 19.7 Å². The first-order chi connectivity index (χ1) is 12.8. The molecule has 1 aromatic carbocycles. The molecule has 0 radical (unpaired) electrons. The van der Waals surface area contributed by atoms with Crippen LogP contribution < -0.4 is 14.8 Å². The van der Waals surface area contributed by atoms with Crippen molar-refractivity contribution in [1.29, 1.82) is 0 Å². The van der Waals surface area contributed by atoms with E-state index in [-0.39, 0.29) is 17.2 Å². The topological polar surface area (TPSA) is 93.9 Å². The largest absolute Gasteiger partial charge is 0.493 e. The molecular formula is C18H23N3O5S. The lowest BCUT2D eigenvalue weighted by Crippen LogP contribution is -2.47. The highest BCUT2D eigenvalue weighted by molar-refractivity contribution is 7.80. The number of carbonyl (C=O) groups is 1. The minimum Gasteiger partial charge on any atom is -0.493 e. The van der Waals surface area contributed by atoms with Crippen LogP contribution in [0.2, 0.25) is 0 Å². The molecule has 0 spiro atoms. The van der Waals surface area contributed by atoms with Gasteiger partial charge in [-0.25, -0.2) is 0 Å². The summed E-state index contributed by atoms with van der Waals surface area (Å²) in [4.78, 5) is 25.4. The van der Waals surface area contributed by atoms with E-state index in [1.54, 1.807) is 24.8 Å². The lowest BCUT2D eigenvalue weighted by molar-refractivity contribution is -0.385. The van der Waals surface area contributed by atoms with Crippen LogP contribution in [0, 0.1) is 10.1 Å². The summed E-state index contributed by atoms with van der Waals surface area (Å²) in [6.07, 6.45) is 0. The van der Waals surface area contributed by atoms with Crippen LogP contribution >= 0.6 is 12.2 Å². The van der Waals surface area contributed by atoms with Crippen LogP contribution in [0.1, 0.15) is 39.3 Å². The maximum absolute atomic E-state index is 12.4. The number of hydrogen-bond donors (Lipinski definition) is 1. The maximum Gasteiger partial charge on any atom is 0.279 e. The number of allylic oxidation sites excluding steroid dienone is 1. The normalized spacial score (nSPS) is 16.9. The first kappa shape index (κ1) is 20.6. The number of thiocarbonyl (C=S) groups is 1. The molecule has 1 atom stereocenters. The molecule has 1 N–H and O–H groups in total. The molecule has 0 amide bonds. The number of hydrogen-bond acceptors (Lipinski definition) is 6. The fraction of sp³-hybridized carbons (Fsp3) is 0.444. The molecule has 0 aliphatic carbocycles. The van der Waals surface area contributed by atoms with Gasteiger partial charge in [0.2, 0.25) is 0 Å². The minimum atomic E-state index is -0.747. The molecule has 0 bridgehead atoms. The smallest absolute Gasteiger partial charge is 0.279 e. The van der Waals surface area contributed by atoms with Crippen molar-refractivity contribution < 1.29 is 19.2 Å². The van der Waals surface area contributed by atoms with Crippen LogP contribution in [0.15, 0.2) is 23.4 Å². The average Bonchev–Trinajstić information content (AvgIpc) is 2.60. The first-order valence-electron chi connectivity index (χ1n) is 8.55. The Morgan fingerprint density at radius 2 is 2.04 bits per heavy atom. The van der Waals surface area contributed by atoms with Crippen LogP contribution in [0.3, 0.4) is 0 Å². The van der Waals surface area contributed by atoms with E-state index in [1.807, 2.05) is 6.92 Å². The van der Waals surface area contributed by atoms with E-state index in [4.69, 9.17) is 21.7 Å². The second-order valence-electron chi connectivity index (χ2n) is 5.93. The molecule has 8 nitrogen and oxygen atoms in total. The van der Waals surface area contributed by atoms with Gasteiger partial charge in [-0.1, -0.05) is 0 Å². The average molecular weight is 393 g/mol. The summed E-state index contributed by atoms with van der Waals surface area (Å²) in [5.74, 6) is 0.437. The maximum atomic E-state index is 12.4. The van der Waals surface area contributed by atoms with Crippen molar-refractivity contribution in [3.63, 3.8) is 0 Å². The molecule has 1 aliphatic rings. The van der Waals surface area contributed by atoms with E-state index < -0.39 is 11.0 Å². The van der Waals surface area contributed by atoms with Crippen molar-refractivity contribution in [2.45, 2.75) is 33.7 Å². The Labute approximate surface area is 163 Å². The monoisotopic (exact) mass is 393 g/mol. The number of Topliss-reactive ketones (excluding diaryl/α,β-unsaturated/α-hetero) is 1. The molecule has 0 saturated heterocycles. The SMILES string of the molecule is CCOc1cc(C2NC(=S)N(CC)C(C)=C2C(C)=O)c([N+](=O)[O-])cc1OC. The molecular weight excluding hydrogens is 370 g/mol. The summed E-state index contributed by atoms with van der Waals surface area (Å²) in [6, 6.07) is 2.10. The van der Waals surface area contributed by atoms with Gasteiger partial charge in [-0.3, -0.25) is 14.9 Å². The van der Waals surface area contributed by atoms with Gasteiger partial charge in [0, 0.05) is 17.8 Å². The number of nitro groups is 1. The van der Waals surface area contributed by atoms with Crippen LogP contribution in [-0.2, 0) is 4.79 Å². The molecule has 0 saturated carbocycles. The van der Waals surface area contributed by atoms with Crippen LogP contribution in [-0.4, -0.2) is 41.0 Å². The van der Waals surface area contributed by atoms with E-state index in [0.717, 1.165) is 0 Å². The Balaban J connectivity index is 2.75. The molecule has 146 valence electrons. The number of ether oxygens (including phenoxy) is 2. The van der Waals surface area contributed by atoms with Crippen molar-refractivity contribution >= 4 is 28.8 Å². The van der Waals surface area contributed by atoms with Gasteiger partial charge in [0.25, 0.3) is 5.69 Å². The summed E-state index contributed by atoms with van der Waals surface area (Å²) >= 11 is 5.41. The number of carbonyl (C=O) groups excluding carboxylic acids is 1. The Morgan fingerprint density at radius 1 is 1.37 bits per heavy atom. The zero-order chi connectivity index (χ0) is 20.3. The van der Waals surface area contributed by atoms with E-state index in [0.29, 0.717) is 40.8 Å². The van der Waals surface area contributed by atoms with Crippen molar-refractivity contribution in [2.24, 2.45) is 0 Å². The number of rotatable bonds is 7. The van der Waals surface area contributed by atoms with Gasteiger partial charge >= 0.3 is 0 Å². The third-order valence-electron chi connectivity index (χ3n) is 4.41. The number of nitrogens with zero attached hydrogens (tertiary/aromatic N) is 2. The second-order valence-corrected chi connectivity index (χ2v) is 6.32. The highest BCUT2D eigenvalue weighted by Gasteiger charge is 2.36. The van der Waals surface area contributed by atoms with Crippen LogP contribution in [0.25, 0.3) is 0 Å². The van der Waals surface area contributed by atoms with Crippen LogP contribution in [0.4, 0.5) is 5.69 Å². The quantitative estimate of drug-likeness (QED) is 0.429. The number of nitrogens with one attached hydrogen (secondary N) is 1. The zero-order valence-corrected chi connectivity index (χ0v) is 16.8. The van der Waals surface area contributed by atoms with E-state index in [1.165, 1.54) is 20.1 Å². The fourth-order valence-electron chi connectivity index (χ4n) is 3.23. The molecule has 1 aliphatic heterocycles. The summed E-state index contributed by atoms with van der Waals surface area (Å²) in [5.41, 5.74) is 1.24. The Morgan fingerprint density at radius 3 is 2.52 bits per heavy atom. The van der Waals surface area contributed by atoms with Gasteiger partial charge in [0.05, 0.1) is 36.3 Å². The number of benzene rings is 1. The standard InChI is InChI=1S/C18H23N3O5S/c1-6-20-10(3)16(11(4)22)17(19-18(20)27)12-8-15(26-7-2)14(25-5)9-13(12)21(23)24/h8-9,17H,6-7H2,1-5H3,(H,19,27). The summed E-state index contributed by atoms with van der Waals surface area (Å²) in [5, 5.41) is 15.2. The highest BCUT2D eigenvalue weighted by atomic mass is 32.1. The molecule has 9 heteroatoms. The molecule has 1 heterocycles. The van der Waals surface area contributed by atoms with Crippen molar-refractivity contribution in [1.82, 2.24) is 10.2 Å². The summed E-state index contributed by atoms with van der Waals surface area (Å²) < 4.78 is 10.8. The Kier molecular flexibility index (Phi) is 6.37. The van der Waals surface area contributed by atoms with E-state index in [2.05, 4.69) is 5.32 Å². The fourth-order valence-corrected chi connectivity index (χ4v) is 3.62. The van der Waals surface area contributed by atoms with Gasteiger partial charge in [0.1, 0.15) is 0 Å². The minimum absolute atomic E-state index is 0.174. The predicted octanol–water partition coefficient (Wildman–Crippen LogP) is 3.12. The van der Waals surface area contributed by atoms with Crippen molar-refractivity contribution in [2.75, 3.05) is 20.3 Å². The molecule has 27 heavy (non-hydrogen) atoms. The van der Waals surface area contributed by atoms with Crippen LogP contribution in [0.5, 0.6) is 11.5 Å². The lowest BCUT2D eigenvalue weighted by Gasteiger charge is -2.37. The third-order valence-corrected chi connectivity index (χ3v) is 4.75. The van der Waals surface area contributed by atoms with E-state index >= 15 is 0 Å². The molecule has 1 unspecified atom stereocenters. The summed E-state index contributed by atoms with van der Waals surface area (Å²) in [6.45, 7) is 7.89. The third kappa shape index (κ3) is 3.87. The van der Waals surface area contributed by atoms with Gasteiger partial charge in [-0.05, 0) is 46.0 Å². The van der Waals surface area contributed by atoms with Crippen molar-refractivity contribution in [3.05, 3.63) is 39.1 Å². The predicted molar refractivity (Wildman–Crippen MR) is 105 cm³/mol. The van der Waals surface area contributed by atoms with Gasteiger partial charge in [-0.15, -0.1) is 0 Å². The summed E-state index contributed by atoms with van der Waals surface area (Å²) in [7, 11) is 1.42. The molecule has 1 aromatic rings.